The van der Waals surface area contributed by atoms with Gasteiger partial charge in [0.2, 0.25) is 17.7 Å². The SMILES string of the molecule is CC(C)C(NC(=O)C(Cc1cnc[nH]1)NC(=O)C(N)Cc1cnc[nH]1)C(=O)NC(Cc1ccc(O)cc1)C(=O)O. The number of rotatable bonds is 14. The lowest BCUT2D eigenvalue weighted by Crippen LogP contribution is -2.59. The molecule has 0 spiro atoms. The van der Waals surface area contributed by atoms with Crippen LogP contribution in [0.5, 0.6) is 5.75 Å². The van der Waals surface area contributed by atoms with Gasteiger partial charge in [-0.05, 0) is 23.6 Å². The Morgan fingerprint density at radius 2 is 1.40 bits per heavy atom. The second-order valence-electron chi connectivity index (χ2n) is 9.73. The molecule has 1 aromatic carbocycles. The van der Waals surface area contributed by atoms with Crippen molar-refractivity contribution in [3.63, 3.8) is 0 Å². The van der Waals surface area contributed by atoms with E-state index >= 15 is 0 Å². The third-order valence-corrected chi connectivity index (χ3v) is 6.18. The van der Waals surface area contributed by atoms with Crippen LogP contribution in [0.25, 0.3) is 0 Å². The number of aromatic amines is 2. The topological polar surface area (TPSA) is 228 Å². The maximum atomic E-state index is 13.4. The molecule has 14 nitrogen and oxygen atoms in total. The Kier molecular flexibility index (Phi) is 10.4. The highest BCUT2D eigenvalue weighted by atomic mass is 16.4. The fourth-order valence-electron chi connectivity index (χ4n) is 3.95. The summed E-state index contributed by atoms with van der Waals surface area (Å²) in [6.45, 7) is 3.39. The molecule has 2 heterocycles. The second-order valence-corrected chi connectivity index (χ2v) is 9.73. The number of imidazole rings is 2. The minimum Gasteiger partial charge on any atom is -0.508 e. The molecule has 2 aromatic heterocycles. The summed E-state index contributed by atoms with van der Waals surface area (Å²) in [6, 6.07) is 1.48. The summed E-state index contributed by atoms with van der Waals surface area (Å²) in [5, 5.41) is 26.9. The van der Waals surface area contributed by atoms with Gasteiger partial charge in [0.25, 0.3) is 0 Å². The van der Waals surface area contributed by atoms with Gasteiger partial charge >= 0.3 is 5.97 Å². The number of nitrogens with zero attached hydrogens (tertiary/aromatic N) is 2. The third-order valence-electron chi connectivity index (χ3n) is 6.18. The van der Waals surface area contributed by atoms with E-state index in [9.17, 15) is 29.4 Å². The number of carbonyl (C=O) groups excluding carboxylic acids is 3. The number of benzene rings is 1. The summed E-state index contributed by atoms with van der Waals surface area (Å²) in [6.07, 6.45) is 6.11. The zero-order valence-corrected chi connectivity index (χ0v) is 22.1. The van der Waals surface area contributed by atoms with Gasteiger partial charge < -0.3 is 41.9 Å². The zero-order valence-electron chi connectivity index (χ0n) is 22.1. The van der Waals surface area contributed by atoms with Crippen molar-refractivity contribution in [2.75, 3.05) is 0 Å². The van der Waals surface area contributed by atoms with Crippen molar-refractivity contribution in [2.24, 2.45) is 11.7 Å². The molecule has 0 bridgehead atoms. The summed E-state index contributed by atoms with van der Waals surface area (Å²) < 4.78 is 0. The number of aliphatic carboxylic acids is 1. The van der Waals surface area contributed by atoms with Gasteiger partial charge in [-0.2, -0.15) is 0 Å². The number of carbonyl (C=O) groups is 4. The van der Waals surface area contributed by atoms with Crippen LogP contribution < -0.4 is 21.7 Å². The number of amides is 3. The summed E-state index contributed by atoms with van der Waals surface area (Å²) in [5.41, 5.74) is 7.84. The van der Waals surface area contributed by atoms with Crippen molar-refractivity contribution < 1.29 is 29.4 Å². The Morgan fingerprint density at radius 3 is 1.93 bits per heavy atom. The van der Waals surface area contributed by atoms with Crippen LogP contribution in [0.15, 0.2) is 49.3 Å². The van der Waals surface area contributed by atoms with Crippen molar-refractivity contribution in [1.29, 1.82) is 0 Å². The number of nitrogens with two attached hydrogens (primary N) is 1. The largest absolute Gasteiger partial charge is 0.508 e. The monoisotopic (exact) mass is 554 g/mol. The van der Waals surface area contributed by atoms with E-state index in [2.05, 4.69) is 35.9 Å². The van der Waals surface area contributed by atoms with Gasteiger partial charge in [-0.1, -0.05) is 26.0 Å². The lowest BCUT2D eigenvalue weighted by atomic mass is 10.00. The van der Waals surface area contributed by atoms with E-state index in [1.807, 2.05) is 0 Å². The number of phenolic OH excluding ortho intramolecular Hbond substituents is 1. The Labute approximate surface area is 230 Å². The average molecular weight is 555 g/mol. The molecule has 4 unspecified atom stereocenters. The number of hydrogen-bond donors (Lipinski definition) is 8. The predicted molar refractivity (Wildman–Crippen MR) is 143 cm³/mol. The molecule has 3 rings (SSSR count). The molecule has 0 aliphatic heterocycles. The maximum absolute atomic E-state index is 13.4. The predicted octanol–water partition coefficient (Wildman–Crippen LogP) is -0.611. The Balaban J connectivity index is 1.71. The summed E-state index contributed by atoms with van der Waals surface area (Å²) in [7, 11) is 0. The van der Waals surface area contributed by atoms with E-state index in [1.165, 1.54) is 31.0 Å². The number of hydrogen-bond acceptors (Lipinski definition) is 8. The second kappa shape index (κ2) is 13.9. The van der Waals surface area contributed by atoms with Crippen LogP contribution in [-0.4, -0.2) is 78.0 Å². The number of aromatic nitrogens is 4. The normalized spacial score (nSPS) is 14.1. The van der Waals surface area contributed by atoms with E-state index in [-0.39, 0.29) is 25.0 Å². The van der Waals surface area contributed by atoms with Gasteiger partial charge in [-0.15, -0.1) is 0 Å². The lowest BCUT2D eigenvalue weighted by Gasteiger charge is -2.27. The smallest absolute Gasteiger partial charge is 0.326 e. The van der Waals surface area contributed by atoms with Gasteiger partial charge in [0.05, 0.1) is 18.7 Å². The summed E-state index contributed by atoms with van der Waals surface area (Å²) in [4.78, 5) is 64.8. The van der Waals surface area contributed by atoms with E-state index in [0.717, 1.165) is 0 Å². The van der Waals surface area contributed by atoms with Crippen molar-refractivity contribution in [2.45, 2.75) is 57.3 Å². The van der Waals surface area contributed by atoms with Gasteiger partial charge in [0.15, 0.2) is 0 Å². The average Bonchev–Trinajstić information content (AvgIpc) is 3.61. The van der Waals surface area contributed by atoms with Crippen molar-refractivity contribution in [3.05, 3.63) is 66.3 Å². The fourth-order valence-corrected chi connectivity index (χ4v) is 3.95. The third kappa shape index (κ3) is 8.66. The molecule has 0 aliphatic rings. The summed E-state index contributed by atoms with van der Waals surface area (Å²) in [5.74, 6) is -3.59. The standard InChI is InChI=1S/C26H34N8O6/c1-14(2)22(25(38)33-21(26(39)40)7-15-3-5-18(35)6-4-15)34-24(37)20(9-17-11-29-13-31-17)32-23(36)19(27)8-16-10-28-12-30-16/h3-6,10-14,19-22,35H,7-9,27H2,1-2H3,(H,28,30)(H,29,31)(H,32,36)(H,33,38)(H,34,37)(H,39,40). The van der Waals surface area contributed by atoms with Crippen molar-refractivity contribution in [3.8, 4) is 5.75 Å². The van der Waals surface area contributed by atoms with E-state index in [0.29, 0.717) is 17.0 Å². The molecule has 14 heteroatoms. The van der Waals surface area contributed by atoms with Crippen molar-refractivity contribution in [1.82, 2.24) is 35.9 Å². The highest BCUT2D eigenvalue weighted by molar-refractivity contribution is 5.94. The molecule has 3 amide bonds. The van der Waals surface area contributed by atoms with Crippen LogP contribution in [-0.2, 0) is 38.4 Å². The van der Waals surface area contributed by atoms with Crippen LogP contribution in [0.1, 0.15) is 30.8 Å². The molecular formula is C26H34N8O6. The van der Waals surface area contributed by atoms with E-state index < -0.39 is 53.8 Å². The zero-order chi connectivity index (χ0) is 29.2. The Bertz CT molecular complexity index is 1260. The lowest BCUT2D eigenvalue weighted by molar-refractivity contribution is -0.142. The van der Waals surface area contributed by atoms with Crippen molar-refractivity contribution >= 4 is 23.7 Å². The number of carboxylic acids is 1. The number of phenols is 1. The molecule has 3 aromatic rings. The molecule has 9 N–H and O–H groups in total. The number of aromatic hydroxyl groups is 1. The van der Waals surface area contributed by atoms with Crippen LogP contribution in [0.2, 0.25) is 0 Å². The van der Waals surface area contributed by atoms with Gasteiger partial charge in [0.1, 0.15) is 23.9 Å². The molecule has 40 heavy (non-hydrogen) atoms. The number of carboxylic acid groups (broad SMARTS) is 1. The van der Waals surface area contributed by atoms with Gasteiger partial charge in [-0.25, -0.2) is 14.8 Å². The van der Waals surface area contributed by atoms with Gasteiger partial charge in [-0.3, -0.25) is 14.4 Å². The minimum atomic E-state index is -1.28. The quantitative estimate of drug-likeness (QED) is 0.127. The molecule has 0 fully saturated rings. The van der Waals surface area contributed by atoms with Crippen LogP contribution in [0, 0.1) is 5.92 Å². The molecule has 0 saturated carbocycles. The summed E-state index contributed by atoms with van der Waals surface area (Å²) >= 11 is 0. The minimum absolute atomic E-state index is 0.0290. The molecule has 0 radical (unpaired) electrons. The Hall–Kier alpha value is -4.72. The van der Waals surface area contributed by atoms with Crippen LogP contribution in [0.3, 0.4) is 0 Å². The van der Waals surface area contributed by atoms with E-state index in [1.54, 1.807) is 32.2 Å². The Morgan fingerprint density at radius 1 is 0.825 bits per heavy atom. The number of H-pyrrole nitrogens is 2. The first-order valence-corrected chi connectivity index (χ1v) is 12.7. The maximum Gasteiger partial charge on any atom is 0.326 e. The van der Waals surface area contributed by atoms with Crippen LogP contribution >= 0.6 is 0 Å². The molecule has 4 atom stereocenters. The molecule has 0 saturated heterocycles. The first kappa shape index (κ1) is 29.8. The first-order chi connectivity index (χ1) is 19.0. The number of nitrogens with one attached hydrogen (secondary N) is 5. The van der Waals surface area contributed by atoms with Crippen LogP contribution in [0.4, 0.5) is 0 Å². The molecule has 0 aliphatic carbocycles. The first-order valence-electron chi connectivity index (χ1n) is 12.7. The molecular weight excluding hydrogens is 520 g/mol. The fraction of sp³-hybridized carbons (Fsp3) is 0.385. The molecule has 214 valence electrons. The van der Waals surface area contributed by atoms with E-state index in [4.69, 9.17) is 5.73 Å². The highest BCUT2D eigenvalue weighted by Gasteiger charge is 2.32. The van der Waals surface area contributed by atoms with Gasteiger partial charge in [0, 0.05) is 43.0 Å². The highest BCUT2D eigenvalue weighted by Crippen LogP contribution is 2.12.